The number of piperidine rings is 1. The highest BCUT2D eigenvalue weighted by Gasteiger charge is 2.26. The minimum atomic E-state index is -0.0351. The molecule has 0 radical (unpaired) electrons. The summed E-state index contributed by atoms with van der Waals surface area (Å²) in [6, 6.07) is 9.52. The number of urea groups is 1. The molecule has 0 spiro atoms. The van der Waals surface area contributed by atoms with E-state index in [2.05, 4.69) is 15.5 Å². The van der Waals surface area contributed by atoms with E-state index in [1.54, 1.807) is 11.3 Å². The molecule has 0 saturated carbocycles. The zero-order valence-electron chi connectivity index (χ0n) is 12.0. The Kier molecular flexibility index (Phi) is 4.15. The molecule has 3 rings (SSSR count). The predicted octanol–water partition coefficient (Wildman–Crippen LogP) is 3.26. The summed E-state index contributed by atoms with van der Waals surface area (Å²) in [5.74, 6) is 0.312. The second-order valence-electron chi connectivity index (χ2n) is 5.24. The molecule has 6 heteroatoms. The number of benzene rings is 1. The normalized spacial score (nSPS) is 18.5. The first-order valence-corrected chi connectivity index (χ1v) is 7.95. The standard InChI is InChI=1S/C15H18N4OS/c1-11-17-18-14(21-11)12-6-5-9-19(10-12)15(20)16-13-7-3-2-4-8-13/h2-4,7-8,12H,5-6,9-10H2,1H3,(H,16,20). The van der Waals surface area contributed by atoms with E-state index < -0.39 is 0 Å². The molecule has 5 nitrogen and oxygen atoms in total. The van der Waals surface area contributed by atoms with Crippen molar-refractivity contribution in [3.05, 3.63) is 40.3 Å². The van der Waals surface area contributed by atoms with E-state index in [0.29, 0.717) is 12.5 Å². The Balaban J connectivity index is 1.64. The van der Waals surface area contributed by atoms with Crippen molar-refractivity contribution in [3.8, 4) is 0 Å². The van der Waals surface area contributed by atoms with Crippen molar-refractivity contribution in [1.82, 2.24) is 15.1 Å². The van der Waals surface area contributed by atoms with Crippen LogP contribution >= 0.6 is 11.3 Å². The monoisotopic (exact) mass is 302 g/mol. The van der Waals surface area contributed by atoms with Crippen LogP contribution in [0.1, 0.15) is 28.8 Å². The number of nitrogens with one attached hydrogen (secondary N) is 1. The topological polar surface area (TPSA) is 58.1 Å². The van der Waals surface area contributed by atoms with Gasteiger partial charge in [-0.15, -0.1) is 21.5 Å². The lowest BCUT2D eigenvalue weighted by Crippen LogP contribution is -2.41. The van der Waals surface area contributed by atoms with Crippen LogP contribution in [0.15, 0.2) is 30.3 Å². The number of aromatic nitrogens is 2. The molecular weight excluding hydrogens is 284 g/mol. The molecule has 1 aliphatic heterocycles. The van der Waals surface area contributed by atoms with Gasteiger partial charge in [0.1, 0.15) is 10.0 Å². The fraction of sp³-hybridized carbons (Fsp3) is 0.400. The van der Waals surface area contributed by atoms with Crippen LogP contribution in [0.5, 0.6) is 0 Å². The van der Waals surface area contributed by atoms with Gasteiger partial charge in [0, 0.05) is 24.7 Å². The van der Waals surface area contributed by atoms with E-state index in [9.17, 15) is 4.79 Å². The molecule has 21 heavy (non-hydrogen) atoms. The van der Waals surface area contributed by atoms with Gasteiger partial charge in [-0.25, -0.2) is 4.79 Å². The Bertz CT molecular complexity index is 613. The van der Waals surface area contributed by atoms with Gasteiger partial charge < -0.3 is 10.2 Å². The molecule has 1 fully saturated rings. The number of carbonyl (C=O) groups is 1. The number of para-hydroxylation sites is 1. The van der Waals surface area contributed by atoms with Gasteiger partial charge in [0.15, 0.2) is 0 Å². The second kappa shape index (κ2) is 6.22. The smallest absolute Gasteiger partial charge is 0.321 e. The Hall–Kier alpha value is -1.95. The highest BCUT2D eigenvalue weighted by atomic mass is 32.1. The van der Waals surface area contributed by atoms with Crippen LogP contribution in [0.2, 0.25) is 0 Å². The van der Waals surface area contributed by atoms with Gasteiger partial charge in [-0.1, -0.05) is 18.2 Å². The summed E-state index contributed by atoms with van der Waals surface area (Å²) >= 11 is 1.63. The molecule has 2 amide bonds. The SMILES string of the molecule is Cc1nnc(C2CCCN(C(=O)Nc3ccccc3)C2)s1. The highest BCUT2D eigenvalue weighted by Crippen LogP contribution is 2.29. The first kappa shape index (κ1) is 14.0. The number of hydrogen-bond donors (Lipinski definition) is 1. The van der Waals surface area contributed by atoms with E-state index in [0.717, 1.165) is 35.1 Å². The van der Waals surface area contributed by atoms with Gasteiger partial charge in [-0.2, -0.15) is 0 Å². The number of aryl methyl sites for hydroxylation is 1. The van der Waals surface area contributed by atoms with Gasteiger partial charge in [-0.05, 0) is 31.9 Å². The number of likely N-dealkylation sites (tertiary alicyclic amines) is 1. The molecule has 1 atom stereocenters. The Morgan fingerprint density at radius 2 is 2.14 bits per heavy atom. The molecule has 2 aromatic rings. The molecule has 110 valence electrons. The summed E-state index contributed by atoms with van der Waals surface area (Å²) in [5, 5.41) is 13.3. The molecule has 0 aliphatic carbocycles. The van der Waals surface area contributed by atoms with Crippen LogP contribution in [0, 0.1) is 6.92 Å². The van der Waals surface area contributed by atoms with Crippen molar-refractivity contribution in [1.29, 1.82) is 0 Å². The molecule has 0 bridgehead atoms. The fourth-order valence-corrected chi connectivity index (χ4v) is 3.39. The lowest BCUT2D eigenvalue weighted by Gasteiger charge is -2.31. The fourth-order valence-electron chi connectivity index (χ4n) is 2.56. The molecule has 2 heterocycles. The third-order valence-electron chi connectivity index (χ3n) is 3.62. The Morgan fingerprint density at radius 1 is 1.33 bits per heavy atom. The van der Waals surface area contributed by atoms with E-state index in [1.165, 1.54) is 0 Å². The van der Waals surface area contributed by atoms with Crippen molar-refractivity contribution in [2.75, 3.05) is 18.4 Å². The summed E-state index contributed by atoms with van der Waals surface area (Å²) < 4.78 is 0. The van der Waals surface area contributed by atoms with Crippen LogP contribution in [0.3, 0.4) is 0 Å². The van der Waals surface area contributed by atoms with E-state index in [1.807, 2.05) is 42.2 Å². The zero-order valence-corrected chi connectivity index (χ0v) is 12.8. The van der Waals surface area contributed by atoms with E-state index in [4.69, 9.17) is 0 Å². The Labute approximate surface area is 128 Å². The first-order valence-electron chi connectivity index (χ1n) is 7.13. The number of rotatable bonds is 2. The minimum Gasteiger partial charge on any atom is -0.324 e. The molecule has 1 aromatic heterocycles. The average Bonchev–Trinajstić information content (AvgIpc) is 2.95. The maximum absolute atomic E-state index is 12.3. The van der Waals surface area contributed by atoms with Crippen LogP contribution < -0.4 is 5.32 Å². The van der Waals surface area contributed by atoms with Gasteiger partial charge >= 0.3 is 6.03 Å². The average molecular weight is 302 g/mol. The van der Waals surface area contributed by atoms with Crippen LogP contribution in [0.4, 0.5) is 10.5 Å². The highest BCUT2D eigenvalue weighted by molar-refractivity contribution is 7.11. The molecule has 1 aliphatic rings. The molecule has 1 N–H and O–H groups in total. The maximum Gasteiger partial charge on any atom is 0.321 e. The molecule has 1 aromatic carbocycles. The van der Waals surface area contributed by atoms with Crippen LogP contribution in [0.25, 0.3) is 0 Å². The lowest BCUT2D eigenvalue weighted by molar-refractivity contribution is 0.192. The maximum atomic E-state index is 12.3. The van der Waals surface area contributed by atoms with Crippen LogP contribution in [-0.4, -0.2) is 34.2 Å². The zero-order chi connectivity index (χ0) is 14.7. The quantitative estimate of drug-likeness (QED) is 0.926. The van der Waals surface area contributed by atoms with E-state index in [-0.39, 0.29) is 6.03 Å². The Morgan fingerprint density at radius 3 is 2.86 bits per heavy atom. The van der Waals surface area contributed by atoms with E-state index >= 15 is 0 Å². The molecule has 1 saturated heterocycles. The number of nitrogens with zero attached hydrogens (tertiary/aromatic N) is 3. The summed E-state index contributed by atoms with van der Waals surface area (Å²) in [5.41, 5.74) is 0.830. The largest absolute Gasteiger partial charge is 0.324 e. The summed E-state index contributed by atoms with van der Waals surface area (Å²) in [4.78, 5) is 14.2. The van der Waals surface area contributed by atoms with Crippen molar-refractivity contribution < 1.29 is 4.79 Å². The summed E-state index contributed by atoms with van der Waals surface area (Å²) in [7, 11) is 0. The predicted molar refractivity (Wildman–Crippen MR) is 83.7 cm³/mol. The molecular formula is C15H18N4OS. The number of hydrogen-bond acceptors (Lipinski definition) is 4. The van der Waals surface area contributed by atoms with Crippen molar-refractivity contribution >= 4 is 23.1 Å². The van der Waals surface area contributed by atoms with Gasteiger partial charge in [0.2, 0.25) is 0 Å². The second-order valence-corrected chi connectivity index (χ2v) is 6.45. The van der Waals surface area contributed by atoms with Crippen LogP contribution in [-0.2, 0) is 0 Å². The minimum absolute atomic E-state index is 0.0351. The lowest BCUT2D eigenvalue weighted by atomic mass is 9.99. The van der Waals surface area contributed by atoms with Crippen molar-refractivity contribution in [2.24, 2.45) is 0 Å². The summed E-state index contributed by atoms with van der Waals surface area (Å²) in [6.45, 7) is 3.48. The third kappa shape index (κ3) is 3.39. The summed E-state index contributed by atoms with van der Waals surface area (Å²) in [6.07, 6.45) is 2.08. The van der Waals surface area contributed by atoms with Gasteiger partial charge in [0.05, 0.1) is 0 Å². The van der Waals surface area contributed by atoms with Crippen molar-refractivity contribution in [3.63, 3.8) is 0 Å². The number of amides is 2. The first-order chi connectivity index (χ1) is 10.2. The number of anilines is 1. The van der Waals surface area contributed by atoms with Gasteiger partial charge in [0.25, 0.3) is 0 Å². The number of carbonyl (C=O) groups excluding carboxylic acids is 1. The van der Waals surface area contributed by atoms with Gasteiger partial charge in [-0.3, -0.25) is 0 Å². The molecule has 1 unspecified atom stereocenters. The third-order valence-corrected chi connectivity index (χ3v) is 4.63. The van der Waals surface area contributed by atoms with Crippen molar-refractivity contribution in [2.45, 2.75) is 25.7 Å².